The minimum absolute atomic E-state index is 0. The smallest absolute Gasteiger partial charge is 0.550 e. The first-order chi connectivity index (χ1) is 17.5. The third kappa shape index (κ3) is 7.51. The van der Waals surface area contributed by atoms with Crippen molar-refractivity contribution in [1.82, 2.24) is 14.8 Å². The molecule has 0 spiro atoms. The molecular weight excluding hydrogens is 498 g/mol. The van der Waals surface area contributed by atoms with Crippen LogP contribution in [-0.4, -0.2) is 50.2 Å². The van der Waals surface area contributed by atoms with Crippen molar-refractivity contribution in [2.45, 2.75) is 65.2 Å². The number of pyridine rings is 1. The number of aryl methyl sites for hydroxylation is 1. The average molecular weight is 533 g/mol. The van der Waals surface area contributed by atoms with Crippen molar-refractivity contribution < 1.29 is 54.1 Å². The van der Waals surface area contributed by atoms with E-state index in [2.05, 4.69) is 5.10 Å². The molecular formula is C28H34FN4NaO4. The molecule has 0 bridgehead atoms. The van der Waals surface area contributed by atoms with Crippen LogP contribution in [0, 0.1) is 12.7 Å². The van der Waals surface area contributed by atoms with Gasteiger partial charge in [0.05, 0.1) is 24.1 Å². The molecule has 2 N–H and O–H groups in total. The summed E-state index contributed by atoms with van der Waals surface area (Å²) in [4.78, 5) is 17.8. The normalized spacial score (nSPS) is 13.0. The maximum Gasteiger partial charge on any atom is 1.00 e. The van der Waals surface area contributed by atoms with E-state index in [0.29, 0.717) is 6.54 Å². The number of benzene rings is 1. The van der Waals surface area contributed by atoms with Crippen LogP contribution in [0.15, 0.2) is 42.6 Å². The molecule has 3 rings (SSSR count). The van der Waals surface area contributed by atoms with Crippen molar-refractivity contribution in [2.24, 2.45) is 0 Å². The van der Waals surface area contributed by atoms with Gasteiger partial charge in [-0.1, -0.05) is 38.1 Å². The summed E-state index contributed by atoms with van der Waals surface area (Å²) < 4.78 is 15.7. The maximum absolute atomic E-state index is 13.8. The summed E-state index contributed by atoms with van der Waals surface area (Å²) in [6.07, 6.45) is 1.97. The summed E-state index contributed by atoms with van der Waals surface area (Å²) in [6, 6.07) is 8.13. The first kappa shape index (κ1) is 31.7. The molecule has 0 amide bonds. The van der Waals surface area contributed by atoms with Crippen molar-refractivity contribution in [2.75, 3.05) is 11.9 Å². The van der Waals surface area contributed by atoms with Crippen LogP contribution in [0.4, 0.5) is 16.0 Å². The predicted octanol–water partition coefficient (Wildman–Crippen LogP) is 0.573. The Bertz CT molecular complexity index is 1260. The molecule has 8 nitrogen and oxygen atoms in total. The van der Waals surface area contributed by atoms with E-state index in [4.69, 9.17) is 4.98 Å². The molecule has 0 saturated heterocycles. The molecule has 10 heteroatoms. The number of aliphatic hydroxyl groups excluding tert-OH is 2. The largest absolute Gasteiger partial charge is 1.00 e. The van der Waals surface area contributed by atoms with Crippen LogP contribution in [0.25, 0.3) is 17.2 Å². The van der Waals surface area contributed by atoms with Gasteiger partial charge in [-0.15, -0.1) is 0 Å². The Morgan fingerprint density at radius 2 is 1.87 bits per heavy atom. The van der Waals surface area contributed by atoms with Crippen LogP contribution in [0.1, 0.15) is 56.4 Å². The minimum atomic E-state index is -1.38. The monoisotopic (exact) mass is 532 g/mol. The van der Waals surface area contributed by atoms with Gasteiger partial charge in [-0.05, 0) is 43.0 Å². The van der Waals surface area contributed by atoms with Gasteiger partial charge in [0.1, 0.15) is 17.5 Å². The molecule has 0 aliphatic heterocycles. The maximum atomic E-state index is 13.8. The number of carboxylic acid groups (broad SMARTS) is 1. The fourth-order valence-electron chi connectivity index (χ4n) is 4.43. The molecule has 0 aliphatic carbocycles. The zero-order valence-corrected chi connectivity index (χ0v) is 24.8. The molecule has 0 radical (unpaired) electrons. The topological polar surface area (TPSA) is 115 Å². The number of nitrogens with zero attached hydrogens (tertiary/aromatic N) is 4. The van der Waals surface area contributed by atoms with Gasteiger partial charge in [0.15, 0.2) is 0 Å². The van der Waals surface area contributed by atoms with E-state index in [-0.39, 0.29) is 47.7 Å². The number of carbonyl (C=O) groups excluding carboxylic acids is 1. The Morgan fingerprint density at radius 1 is 1.21 bits per heavy atom. The van der Waals surface area contributed by atoms with Gasteiger partial charge in [0, 0.05) is 49.6 Å². The van der Waals surface area contributed by atoms with Gasteiger partial charge >= 0.3 is 29.6 Å². The number of halogens is 1. The molecule has 1 aromatic carbocycles. The zero-order chi connectivity index (χ0) is 27.3. The Labute approximate surface area is 245 Å². The van der Waals surface area contributed by atoms with Crippen molar-refractivity contribution in [3.63, 3.8) is 0 Å². The van der Waals surface area contributed by atoms with Gasteiger partial charge in [-0.3, -0.25) is 0 Å². The number of hydrogen-bond donors (Lipinski definition) is 2. The van der Waals surface area contributed by atoms with E-state index < -0.39 is 24.6 Å². The SMILES string of the molecule is CCn1nccc1N(C)c1nc(C(C)C)c(/C=C/[C@@H](O)C[C@@H](O)CC(=O)[O-])c(-c2ccc(F)cc2)c1C.[Na+]. The summed E-state index contributed by atoms with van der Waals surface area (Å²) in [5, 5.41) is 35.5. The molecule has 2 aromatic heterocycles. The van der Waals surface area contributed by atoms with E-state index in [0.717, 1.165) is 39.6 Å². The van der Waals surface area contributed by atoms with Crippen LogP contribution in [-0.2, 0) is 11.3 Å². The summed E-state index contributed by atoms with van der Waals surface area (Å²) in [5.74, 6) is -0.131. The van der Waals surface area contributed by atoms with Crippen LogP contribution >= 0.6 is 0 Å². The van der Waals surface area contributed by atoms with Crippen LogP contribution in [0.5, 0.6) is 0 Å². The first-order valence-electron chi connectivity index (χ1n) is 12.3. The fourth-order valence-corrected chi connectivity index (χ4v) is 4.43. The molecule has 0 saturated carbocycles. The second-order valence-electron chi connectivity index (χ2n) is 9.35. The fraction of sp³-hybridized carbons (Fsp3) is 0.393. The molecule has 3 aromatic rings. The Balaban J connectivity index is 0.00000507. The molecule has 38 heavy (non-hydrogen) atoms. The number of hydrogen-bond acceptors (Lipinski definition) is 7. The van der Waals surface area contributed by atoms with Gasteiger partial charge in [0.2, 0.25) is 0 Å². The van der Waals surface area contributed by atoms with Crippen molar-refractivity contribution in [1.29, 1.82) is 0 Å². The Kier molecular flexibility index (Phi) is 11.7. The van der Waals surface area contributed by atoms with Crippen LogP contribution in [0.2, 0.25) is 0 Å². The number of aromatic nitrogens is 3. The van der Waals surface area contributed by atoms with Gasteiger partial charge in [-0.25, -0.2) is 14.1 Å². The number of carbonyl (C=O) groups is 1. The predicted molar refractivity (Wildman–Crippen MR) is 140 cm³/mol. The Hall–Kier alpha value is -2.56. The summed E-state index contributed by atoms with van der Waals surface area (Å²) >= 11 is 0. The quantitative estimate of drug-likeness (QED) is 0.347. The summed E-state index contributed by atoms with van der Waals surface area (Å²) in [6.45, 7) is 8.69. The van der Waals surface area contributed by atoms with Crippen LogP contribution in [0.3, 0.4) is 0 Å². The second-order valence-corrected chi connectivity index (χ2v) is 9.35. The number of carboxylic acids is 1. The summed E-state index contributed by atoms with van der Waals surface area (Å²) in [7, 11) is 1.93. The molecule has 0 unspecified atom stereocenters. The zero-order valence-electron chi connectivity index (χ0n) is 22.8. The van der Waals surface area contributed by atoms with Crippen molar-refractivity contribution in [3.05, 3.63) is 65.2 Å². The van der Waals surface area contributed by atoms with E-state index in [1.165, 1.54) is 18.2 Å². The Morgan fingerprint density at radius 3 is 2.45 bits per heavy atom. The van der Waals surface area contributed by atoms with E-state index in [1.54, 1.807) is 24.4 Å². The standard InChI is InChI=1S/C28H35FN4O4.Na/c1-6-33-24(13-14-30-33)32(5)28-18(4)26(19-7-9-20(29)10-8-19)23(27(31-28)17(2)3)12-11-21(34)15-22(35)16-25(36)37;/h7-14,17,21-22,34-35H,6,15-16H2,1-5H3,(H,36,37);/q;+1/p-1/b12-11+;/t21-,22-;/m1./s1. The number of anilines is 2. The summed E-state index contributed by atoms with van der Waals surface area (Å²) in [5.41, 5.74) is 4.00. The van der Waals surface area contributed by atoms with Crippen LogP contribution < -0.4 is 39.6 Å². The number of aliphatic carboxylic acids is 1. The van der Waals surface area contributed by atoms with Crippen molar-refractivity contribution >= 4 is 23.7 Å². The molecule has 2 atom stereocenters. The third-order valence-electron chi connectivity index (χ3n) is 6.22. The number of rotatable bonds is 11. The first-order valence-corrected chi connectivity index (χ1v) is 12.3. The van der Waals surface area contributed by atoms with Gasteiger partial charge in [-0.2, -0.15) is 5.10 Å². The molecule has 0 aliphatic rings. The molecule has 198 valence electrons. The molecule has 0 fully saturated rings. The number of aliphatic hydroxyl groups is 2. The molecule has 2 heterocycles. The third-order valence-corrected chi connectivity index (χ3v) is 6.22. The average Bonchev–Trinajstić information content (AvgIpc) is 3.31. The van der Waals surface area contributed by atoms with Gasteiger partial charge in [0.25, 0.3) is 0 Å². The van der Waals surface area contributed by atoms with Crippen molar-refractivity contribution in [3.8, 4) is 11.1 Å². The van der Waals surface area contributed by atoms with E-state index >= 15 is 0 Å². The second kappa shape index (κ2) is 14.0. The van der Waals surface area contributed by atoms with Gasteiger partial charge < -0.3 is 25.0 Å². The van der Waals surface area contributed by atoms with E-state index in [1.807, 2.05) is 50.4 Å². The minimum Gasteiger partial charge on any atom is -0.550 e. The van der Waals surface area contributed by atoms with E-state index in [9.17, 15) is 24.5 Å².